The van der Waals surface area contributed by atoms with Gasteiger partial charge >= 0.3 is 5.97 Å². The number of carbonyl (C=O) groups excluding carboxylic acids is 1. The largest absolute Gasteiger partial charge is 0.493 e. The first-order valence-corrected chi connectivity index (χ1v) is 11.2. The SMILES string of the molecule is COc1ccc(CNCC2C(=O)OC3CC4(C)CCCC5(CO5)C4CC32)cc1OC. The number of epoxide rings is 1. The summed E-state index contributed by atoms with van der Waals surface area (Å²) in [5.41, 5.74) is 1.45. The molecule has 0 radical (unpaired) electrons. The molecule has 2 heterocycles. The number of fused-ring (bicyclic) bond motifs is 3. The average molecular weight is 416 g/mol. The van der Waals surface area contributed by atoms with Gasteiger partial charge in [-0.25, -0.2) is 0 Å². The van der Waals surface area contributed by atoms with Crippen LogP contribution in [0.1, 0.15) is 44.6 Å². The van der Waals surface area contributed by atoms with Gasteiger partial charge in [-0.3, -0.25) is 4.79 Å². The van der Waals surface area contributed by atoms with Gasteiger partial charge in [0, 0.05) is 19.0 Å². The van der Waals surface area contributed by atoms with Gasteiger partial charge in [-0.2, -0.15) is 0 Å². The predicted octanol–water partition coefficient (Wildman–Crippen LogP) is 3.32. The average Bonchev–Trinajstić information content (AvgIpc) is 3.44. The van der Waals surface area contributed by atoms with Gasteiger partial charge in [0.2, 0.25) is 0 Å². The maximum absolute atomic E-state index is 12.7. The Balaban J connectivity index is 1.24. The summed E-state index contributed by atoms with van der Waals surface area (Å²) in [7, 11) is 3.28. The summed E-state index contributed by atoms with van der Waals surface area (Å²) < 4.78 is 22.6. The number of benzene rings is 1. The van der Waals surface area contributed by atoms with E-state index in [4.69, 9.17) is 18.9 Å². The summed E-state index contributed by atoms with van der Waals surface area (Å²) in [4.78, 5) is 12.7. The van der Waals surface area contributed by atoms with Gasteiger partial charge in [0.05, 0.1) is 32.3 Å². The van der Waals surface area contributed by atoms with E-state index in [2.05, 4.69) is 12.2 Å². The molecule has 5 rings (SSSR count). The van der Waals surface area contributed by atoms with Crippen molar-refractivity contribution >= 4 is 5.97 Å². The van der Waals surface area contributed by atoms with Crippen molar-refractivity contribution in [3.8, 4) is 11.5 Å². The molecule has 6 heteroatoms. The zero-order valence-corrected chi connectivity index (χ0v) is 18.2. The lowest BCUT2D eigenvalue weighted by Gasteiger charge is -2.51. The van der Waals surface area contributed by atoms with E-state index < -0.39 is 0 Å². The molecule has 30 heavy (non-hydrogen) atoms. The molecule has 6 atom stereocenters. The van der Waals surface area contributed by atoms with Gasteiger partial charge in [0.1, 0.15) is 6.10 Å². The third-order valence-corrected chi connectivity index (χ3v) is 8.22. The molecule has 1 N–H and O–H groups in total. The molecular formula is C24H33NO5. The van der Waals surface area contributed by atoms with Gasteiger partial charge in [0.25, 0.3) is 0 Å². The van der Waals surface area contributed by atoms with Gasteiger partial charge < -0.3 is 24.3 Å². The van der Waals surface area contributed by atoms with Crippen LogP contribution in [0.2, 0.25) is 0 Å². The predicted molar refractivity (Wildman–Crippen MR) is 111 cm³/mol. The van der Waals surface area contributed by atoms with Crippen molar-refractivity contribution in [1.29, 1.82) is 0 Å². The maximum atomic E-state index is 12.7. The van der Waals surface area contributed by atoms with Crippen molar-refractivity contribution in [1.82, 2.24) is 5.32 Å². The van der Waals surface area contributed by atoms with E-state index in [0.717, 1.165) is 36.5 Å². The maximum Gasteiger partial charge on any atom is 0.310 e. The van der Waals surface area contributed by atoms with Crippen LogP contribution in [0, 0.1) is 23.2 Å². The molecule has 164 valence electrons. The van der Waals surface area contributed by atoms with Crippen LogP contribution >= 0.6 is 0 Å². The van der Waals surface area contributed by atoms with E-state index in [9.17, 15) is 4.79 Å². The van der Waals surface area contributed by atoms with Crippen LogP contribution in [0.4, 0.5) is 0 Å². The number of methoxy groups -OCH3 is 2. The Bertz CT molecular complexity index is 822. The third kappa shape index (κ3) is 3.28. The Morgan fingerprint density at radius 3 is 2.73 bits per heavy atom. The smallest absolute Gasteiger partial charge is 0.310 e. The molecule has 2 aliphatic carbocycles. The molecule has 2 aliphatic heterocycles. The lowest BCUT2D eigenvalue weighted by molar-refractivity contribution is -0.147. The fourth-order valence-electron chi connectivity index (χ4n) is 6.55. The van der Waals surface area contributed by atoms with E-state index in [-0.39, 0.29) is 29.0 Å². The number of carbonyl (C=O) groups is 1. The van der Waals surface area contributed by atoms with E-state index in [1.54, 1.807) is 14.2 Å². The Hall–Kier alpha value is -1.79. The molecular weight excluding hydrogens is 382 g/mol. The van der Waals surface area contributed by atoms with E-state index in [1.807, 2.05) is 18.2 Å². The Kier molecular flexibility index (Phi) is 4.98. The lowest BCUT2D eigenvalue weighted by Crippen LogP contribution is -2.51. The molecule has 6 nitrogen and oxygen atoms in total. The van der Waals surface area contributed by atoms with Crippen molar-refractivity contribution in [2.45, 2.75) is 57.3 Å². The molecule has 6 unspecified atom stereocenters. The summed E-state index contributed by atoms with van der Waals surface area (Å²) >= 11 is 0. The van der Waals surface area contributed by atoms with Crippen LogP contribution in [0.25, 0.3) is 0 Å². The fraction of sp³-hybridized carbons (Fsp3) is 0.708. The normalized spacial score (nSPS) is 39.2. The minimum absolute atomic E-state index is 0.0298. The fourth-order valence-corrected chi connectivity index (χ4v) is 6.55. The van der Waals surface area contributed by atoms with Crippen molar-refractivity contribution < 1.29 is 23.7 Å². The second kappa shape index (κ2) is 7.41. The highest BCUT2D eigenvalue weighted by Crippen LogP contribution is 2.62. The van der Waals surface area contributed by atoms with Crippen molar-refractivity contribution in [2.24, 2.45) is 23.2 Å². The summed E-state index contributed by atoms with van der Waals surface area (Å²) in [5.74, 6) is 2.19. The number of ether oxygens (including phenoxy) is 4. The molecule has 2 saturated carbocycles. The highest BCUT2D eigenvalue weighted by atomic mass is 16.6. The van der Waals surface area contributed by atoms with Crippen LogP contribution in [-0.2, 0) is 20.8 Å². The molecule has 1 aromatic rings. The van der Waals surface area contributed by atoms with Gasteiger partial charge in [-0.05, 0) is 61.1 Å². The van der Waals surface area contributed by atoms with Gasteiger partial charge in [-0.1, -0.05) is 13.0 Å². The Morgan fingerprint density at radius 2 is 2.00 bits per heavy atom. The topological polar surface area (TPSA) is 69.3 Å². The molecule has 4 aliphatic rings. The number of esters is 1. The number of hydrogen-bond donors (Lipinski definition) is 1. The van der Waals surface area contributed by atoms with Crippen molar-refractivity contribution in [3.63, 3.8) is 0 Å². The van der Waals surface area contributed by atoms with Crippen LogP contribution in [0.5, 0.6) is 11.5 Å². The Morgan fingerprint density at radius 1 is 1.20 bits per heavy atom. The van der Waals surface area contributed by atoms with Crippen molar-refractivity contribution in [3.05, 3.63) is 23.8 Å². The minimum Gasteiger partial charge on any atom is -0.493 e. The first-order chi connectivity index (χ1) is 14.5. The Labute approximate surface area is 178 Å². The first kappa shape index (κ1) is 20.1. The summed E-state index contributed by atoms with van der Waals surface area (Å²) in [6, 6.07) is 5.91. The summed E-state index contributed by atoms with van der Waals surface area (Å²) in [6.07, 6.45) is 5.75. The third-order valence-electron chi connectivity index (χ3n) is 8.22. The second-order valence-electron chi connectivity index (χ2n) is 9.92. The lowest BCUT2D eigenvalue weighted by atomic mass is 9.53. The molecule has 4 fully saturated rings. The number of nitrogens with one attached hydrogen (secondary N) is 1. The standard InChI is InChI=1S/C24H33NO5/c1-23-7-4-8-24(14-29-24)21(23)10-16-17(22(26)30-20(16)11-23)13-25-12-15-5-6-18(27-2)19(9-15)28-3/h5-6,9,16-17,20-21,25H,4,7-8,10-14H2,1-3H3. The molecule has 1 aromatic carbocycles. The monoisotopic (exact) mass is 415 g/mol. The van der Waals surface area contributed by atoms with Gasteiger partial charge in [-0.15, -0.1) is 0 Å². The molecule has 1 spiro atoms. The first-order valence-electron chi connectivity index (χ1n) is 11.2. The second-order valence-corrected chi connectivity index (χ2v) is 9.92. The van der Waals surface area contributed by atoms with Crippen LogP contribution in [0.15, 0.2) is 18.2 Å². The summed E-state index contributed by atoms with van der Waals surface area (Å²) in [6.45, 7) is 4.62. The molecule has 2 saturated heterocycles. The zero-order valence-electron chi connectivity index (χ0n) is 18.2. The van der Waals surface area contributed by atoms with Crippen LogP contribution in [0.3, 0.4) is 0 Å². The highest BCUT2D eigenvalue weighted by Gasteiger charge is 2.64. The number of hydrogen-bond acceptors (Lipinski definition) is 6. The molecule has 0 bridgehead atoms. The summed E-state index contributed by atoms with van der Waals surface area (Å²) in [5, 5.41) is 3.49. The van der Waals surface area contributed by atoms with E-state index >= 15 is 0 Å². The van der Waals surface area contributed by atoms with Crippen LogP contribution in [-0.4, -0.2) is 45.0 Å². The highest BCUT2D eigenvalue weighted by molar-refractivity contribution is 5.75. The van der Waals surface area contributed by atoms with Crippen LogP contribution < -0.4 is 14.8 Å². The quantitative estimate of drug-likeness (QED) is 0.568. The molecule has 0 amide bonds. The minimum atomic E-state index is -0.0718. The van der Waals surface area contributed by atoms with E-state index in [1.165, 1.54) is 19.3 Å². The number of rotatable bonds is 6. The molecule has 0 aromatic heterocycles. The van der Waals surface area contributed by atoms with Crippen molar-refractivity contribution in [2.75, 3.05) is 27.4 Å². The van der Waals surface area contributed by atoms with Gasteiger partial charge in [0.15, 0.2) is 11.5 Å². The zero-order chi connectivity index (χ0) is 20.9. The van der Waals surface area contributed by atoms with E-state index in [0.29, 0.717) is 24.9 Å².